The molecule has 2 rings (SSSR count). The zero-order valence-electron chi connectivity index (χ0n) is 9.98. The van der Waals surface area contributed by atoms with Crippen LogP contribution in [-0.2, 0) is 0 Å². The van der Waals surface area contributed by atoms with Gasteiger partial charge in [0.05, 0.1) is 0 Å². The van der Waals surface area contributed by atoms with Crippen LogP contribution in [0.15, 0.2) is 45.6 Å². The molecule has 0 aliphatic rings. The fourth-order valence-corrected chi connectivity index (χ4v) is 3.29. The van der Waals surface area contributed by atoms with Crippen LogP contribution in [0.25, 0.3) is 0 Å². The maximum Gasteiger partial charge on any atom is 0.0308 e. The van der Waals surface area contributed by atoms with Crippen molar-refractivity contribution < 1.29 is 0 Å². The van der Waals surface area contributed by atoms with Gasteiger partial charge in [0, 0.05) is 16.6 Å². The maximum atomic E-state index is 3.62. The molecule has 90 valence electrons. The summed E-state index contributed by atoms with van der Waals surface area (Å²) in [7, 11) is 0. The molecule has 3 heteroatoms. The Labute approximate surface area is 115 Å². The molecule has 0 fully saturated rings. The van der Waals surface area contributed by atoms with Crippen molar-refractivity contribution in [2.75, 3.05) is 0 Å². The van der Waals surface area contributed by atoms with Gasteiger partial charge in [-0.3, -0.25) is 0 Å². The Morgan fingerprint density at radius 2 is 1.88 bits per heavy atom. The van der Waals surface area contributed by atoms with Gasteiger partial charge >= 0.3 is 0 Å². The lowest BCUT2D eigenvalue weighted by atomic mass is 10.1. The predicted molar refractivity (Wildman–Crippen MR) is 78.4 cm³/mol. The van der Waals surface area contributed by atoms with E-state index >= 15 is 0 Å². The number of thiophene rings is 1. The second-order valence-electron chi connectivity index (χ2n) is 4.19. The summed E-state index contributed by atoms with van der Waals surface area (Å²) in [6, 6.07) is 11.2. The number of hydrogen-bond acceptors (Lipinski definition) is 2. The second-order valence-corrected chi connectivity index (χ2v) is 5.82. The van der Waals surface area contributed by atoms with E-state index in [1.807, 2.05) is 6.07 Å². The standard InChI is InChI=1S/C14H16BrNS/c1-10(12-7-8-17-9-12)16-11(2)13-5-3-4-6-14(13)15/h3-11,16H,1-2H3/t10-,11-/m1/s1. The average molecular weight is 310 g/mol. The van der Waals surface area contributed by atoms with Gasteiger partial charge in [0.25, 0.3) is 0 Å². The highest BCUT2D eigenvalue weighted by Gasteiger charge is 2.13. The molecule has 0 radical (unpaired) electrons. The first-order chi connectivity index (χ1) is 8.18. The number of halogens is 1. The van der Waals surface area contributed by atoms with Gasteiger partial charge in [0.2, 0.25) is 0 Å². The minimum atomic E-state index is 0.334. The normalized spacial score (nSPS) is 14.5. The molecule has 0 saturated carbocycles. The molecule has 0 spiro atoms. The van der Waals surface area contributed by atoms with E-state index in [-0.39, 0.29) is 0 Å². The molecule has 1 heterocycles. The first-order valence-electron chi connectivity index (χ1n) is 5.71. The van der Waals surface area contributed by atoms with Gasteiger partial charge in [-0.15, -0.1) is 0 Å². The Bertz CT molecular complexity index is 467. The number of hydrogen-bond donors (Lipinski definition) is 1. The number of rotatable bonds is 4. The number of benzene rings is 1. The minimum Gasteiger partial charge on any atom is -0.304 e. The monoisotopic (exact) mass is 309 g/mol. The van der Waals surface area contributed by atoms with E-state index < -0.39 is 0 Å². The van der Waals surface area contributed by atoms with Crippen LogP contribution < -0.4 is 5.32 Å². The molecule has 0 bridgehead atoms. The third-order valence-corrected chi connectivity index (χ3v) is 4.34. The molecule has 1 aromatic heterocycles. The van der Waals surface area contributed by atoms with Crippen LogP contribution in [0, 0.1) is 0 Å². The van der Waals surface area contributed by atoms with Crippen LogP contribution in [0.4, 0.5) is 0 Å². The van der Waals surface area contributed by atoms with Crippen molar-refractivity contribution in [1.29, 1.82) is 0 Å². The van der Waals surface area contributed by atoms with E-state index in [1.165, 1.54) is 11.1 Å². The van der Waals surface area contributed by atoms with Gasteiger partial charge in [-0.2, -0.15) is 11.3 Å². The highest BCUT2D eigenvalue weighted by Crippen LogP contribution is 2.26. The van der Waals surface area contributed by atoms with E-state index in [4.69, 9.17) is 0 Å². The van der Waals surface area contributed by atoms with Crippen molar-refractivity contribution in [3.63, 3.8) is 0 Å². The van der Waals surface area contributed by atoms with Crippen LogP contribution in [-0.4, -0.2) is 0 Å². The minimum absolute atomic E-state index is 0.334. The van der Waals surface area contributed by atoms with Crippen molar-refractivity contribution >= 4 is 27.3 Å². The molecule has 1 N–H and O–H groups in total. The summed E-state index contributed by atoms with van der Waals surface area (Å²) in [5.74, 6) is 0. The molecule has 0 amide bonds. The fraction of sp³-hybridized carbons (Fsp3) is 0.286. The molecule has 17 heavy (non-hydrogen) atoms. The van der Waals surface area contributed by atoms with Crippen LogP contribution in [0.3, 0.4) is 0 Å². The van der Waals surface area contributed by atoms with Crippen LogP contribution in [0.5, 0.6) is 0 Å². The molecule has 2 atom stereocenters. The molecule has 0 aliphatic heterocycles. The van der Waals surface area contributed by atoms with Gasteiger partial charge in [-0.05, 0) is 47.9 Å². The Kier molecular flexibility index (Phi) is 4.37. The lowest BCUT2D eigenvalue weighted by Gasteiger charge is -2.20. The molecule has 0 unspecified atom stereocenters. The Morgan fingerprint density at radius 3 is 2.53 bits per heavy atom. The van der Waals surface area contributed by atoms with Crippen molar-refractivity contribution in [2.24, 2.45) is 0 Å². The zero-order valence-corrected chi connectivity index (χ0v) is 12.4. The van der Waals surface area contributed by atoms with Crippen LogP contribution in [0.1, 0.15) is 37.1 Å². The van der Waals surface area contributed by atoms with Gasteiger partial charge in [0.1, 0.15) is 0 Å². The summed E-state index contributed by atoms with van der Waals surface area (Å²) in [5.41, 5.74) is 2.66. The third-order valence-electron chi connectivity index (χ3n) is 2.91. The molecule has 1 nitrogen and oxygen atoms in total. The summed E-state index contributed by atoms with van der Waals surface area (Å²) in [6.45, 7) is 4.40. The molecule has 0 saturated heterocycles. The van der Waals surface area contributed by atoms with E-state index in [2.05, 4.69) is 70.1 Å². The van der Waals surface area contributed by atoms with E-state index in [0.29, 0.717) is 12.1 Å². The van der Waals surface area contributed by atoms with E-state index in [0.717, 1.165) is 4.47 Å². The van der Waals surface area contributed by atoms with Crippen molar-refractivity contribution in [3.8, 4) is 0 Å². The number of nitrogens with one attached hydrogen (secondary N) is 1. The predicted octanol–water partition coefficient (Wildman–Crippen LogP) is 4.92. The van der Waals surface area contributed by atoms with Crippen molar-refractivity contribution in [3.05, 3.63) is 56.7 Å². The summed E-state index contributed by atoms with van der Waals surface area (Å²) < 4.78 is 1.16. The molecule has 1 aromatic carbocycles. The highest BCUT2D eigenvalue weighted by molar-refractivity contribution is 9.10. The second kappa shape index (κ2) is 5.80. The van der Waals surface area contributed by atoms with E-state index in [9.17, 15) is 0 Å². The summed E-state index contributed by atoms with van der Waals surface area (Å²) in [5, 5.41) is 7.94. The Morgan fingerprint density at radius 1 is 1.12 bits per heavy atom. The van der Waals surface area contributed by atoms with Gasteiger partial charge in [0.15, 0.2) is 0 Å². The van der Waals surface area contributed by atoms with Crippen LogP contribution in [0.2, 0.25) is 0 Å². The van der Waals surface area contributed by atoms with Gasteiger partial charge in [-0.1, -0.05) is 34.1 Å². The Hall–Kier alpha value is -0.640. The third kappa shape index (κ3) is 3.18. The van der Waals surface area contributed by atoms with Crippen molar-refractivity contribution in [1.82, 2.24) is 5.32 Å². The summed E-state index contributed by atoms with van der Waals surface area (Å²) >= 11 is 5.34. The SMILES string of the molecule is C[C@@H](N[C@H](C)c1ccccc1Br)c1ccsc1. The molecule has 0 aliphatic carbocycles. The van der Waals surface area contributed by atoms with Crippen molar-refractivity contribution in [2.45, 2.75) is 25.9 Å². The zero-order chi connectivity index (χ0) is 12.3. The Balaban J connectivity index is 2.07. The topological polar surface area (TPSA) is 12.0 Å². The summed E-state index contributed by atoms with van der Waals surface area (Å²) in [6.07, 6.45) is 0. The first kappa shape index (κ1) is 12.8. The first-order valence-corrected chi connectivity index (χ1v) is 7.44. The highest BCUT2D eigenvalue weighted by atomic mass is 79.9. The lowest BCUT2D eigenvalue weighted by Crippen LogP contribution is -2.22. The largest absolute Gasteiger partial charge is 0.304 e. The van der Waals surface area contributed by atoms with Gasteiger partial charge < -0.3 is 5.32 Å². The fourth-order valence-electron chi connectivity index (χ4n) is 1.91. The smallest absolute Gasteiger partial charge is 0.0308 e. The van der Waals surface area contributed by atoms with Gasteiger partial charge in [-0.25, -0.2) is 0 Å². The quantitative estimate of drug-likeness (QED) is 0.845. The molecular formula is C14H16BrNS. The van der Waals surface area contributed by atoms with E-state index in [1.54, 1.807) is 11.3 Å². The lowest BCUT2D eigenvalue weighted by molar-refractivity contribution is 0.494. The molecule has 2 aromatic rings. The average Bonchev–Trinajstić information content (AvgIpc) is 2.82. The molecular weight excluding hydrogens is 294 g/mol. The van der Waals surface area contributed by atoms with Crippen LogP contribution >= 0.6 is 27.3 Å². The maximum absolute atomic E-state index is 3.62. The summed E-state index contributed by atoms with van der Waals surface area (Å²) in [4.78, 5) is 0.